The molecule has 0 aliphatic heterocycles. The minimum atomic E-state index is -0.441. The van der Waals surface area contributed by atoms with Gasteiger partial charge in [-0.2, -0.15) is 4.98 Å². The Morgan fingerprint density at radius 1 is 1.50 bits per heavy atom. The van der Waals surface area contributed by atoms with Crippen LogP contribution in [0.25, 0.3) is 0 Å². The van der Waals surface area contributed by atoms with E-state index in [1.165, 1.54) is 6.20 Å². The second kappa shape index (κ2) is 6.45. The zero-order valence-electron chi connectivity index (χ0n) is 10.8. The molecule has 0 unspecified atom stereocenters. The average molecular weight is 272 g/mol. The van der Waals surface area contributed by atoms with Crippen LogP contribution in [0, 0.1) is 18.8 Å². The van der Waals surface area contributed by atoms with Gasteiger partial charge in [-0.25, -0.2) is 4.98 Å². The number of pyridine rings is 1. The van der Waals surface area contributed by atoms with Gasteiger partial charge in [-0.05, 0) is 19.1 Å². The van der Waals surface area contributed by atoms with Crippen molar-refractivity contribution in [3.8, 4) is 11.8 Å². The molecule has 2 rings (SSSR count). The van der Waals surface area contributed by atoms with Crippen molar-refractivity contribution in [2.75, 3.05) is 11.9 Å². The smallest absolute Gasteiger partial charge is 0.328 e. The number of carbonyl (C=O) groups is 1. The van der Waals surface area contributed by atoms with Crippen LogP contribution in [0.2, 0.25) is 0 Å². The molecule has 0 saturated carbocycles. The van der Waals surface area contributed by atoms with Crippen LogP contribution in [0.4, 0.5) is 6.01 Å². The molecule has 0 spiro atoms. The van der Waals surface area contributed by atoms with Gasteiger partial charge in [0.05, 0.1) is 6.61 Å². The van der Waals surface area contributed by atoms with Crippen LogP contribution in [0.3, 0.4) is 0 Å². The Kier molecular flexibility index (Phi) is 4.42. The van der Waals surface area contributed by atoms with Crippen molar-refractivity contribution in [2.45, 2.75) is 13.3 Å². The van der Waals surface area contributed by atoms with Crippen molar-refractivity contribution in [3.05, 3.63) is 35.4 Å². The normalized spacial score (nSPS) is 9.70. The standard InChI is InChI=1S/C13H12N4O3/c1-9-15-13(20-17-9)16-12(19)11-6-5-10(8-14-11)4-2-3-7-18/h5-6,8,18H,3,7H2,1H3,(H,15,16,17,19). The van der Waals surface area contributed by atoms with E-state index in [-0.39, 0.29) is 18.3 Å². The highest BCUT2D eigenvalue weighted by molar-refractivity contribution is 6.01. The maximum absolute atomic E-state index is 11.8. The highest BCUT2D eigenvalue weighted by Crippen LogP contribution is 2.05. The summed E-state index contributed by atoms with van der Waals surface area (Å²) in [5, 5.41) is 14.6. The molecule has 0 saturated heterocycles. The van der Waals surface area contributed by atoms with Crippen LogP contribution in [0.15, 0.2) is 22.9 Å². The third-order valence-corrected chi connectivity index (χ3v) is 2.21. The van der Waals surface area contributed by atoms with E-state index < -0.39 is 5.91 Å². The number of anilines is 1. The maximum atomic E-state index is 11.8. The first-order valence-electron chi connectivity index (χ1n) is 5.86. The Hall–Kier alpha value is -2.72. The molecule has 0 radical (unpaired) electrons. The van der Waals surface area contributed by atoms with Crippen LogP contribution in [-0.2, 0) is 0 Å². The monoisotopic (exact) mass is 272 g/mol. The first kappa shape index (κ1) is 13.7. The Balaban J connectivity index is 2.02. The molecule has 0 fully saturated rings. The molecule has 0 bridgehead atoms. The molecule has 2 N–H and O–H groups in total. The summed E-state index contributed by atoms with van der Waals surface area (Å²) < 4.78 is 4.78. The first-order valence-corrected chi connectivity index (χ1v) is 5.86. The summed E-state index contributed by atoms with van der Waals surface area (Å²) in [6.45, 7) is 1.67. The molecule has 0 aromatic carbocycles. The molecule has 2 heterocycles. The summed E-state index contributed by atoms with van der Waals surface area (Å²) in [5.74, 6) is 5.58. The van der Waals surface area contributed by atoms with Crippen molar-refractivity contribution in [1.29, 1.82) is 0 Å². The number of amides is 1. The van der Waals surface area contributed by atoms with Gasteiger partial charge in [0.1, 0.15) is 5.69 Å². The molecule has 102 valence electrons. The summed E-state index contributed by atoms with van der Waals surface area (Å²) in [7, 11) is 0. The zero-order chi connectivity index (χ0) is 14.4. The number of rotatable bonds is 3. The molecule has 7 heteroatoms. The SMILES string of the molecule is Cc1noc(NC(=O)c2ccc(C#CCCO)cn2)n1. The fourth-order valence-corrected chi connectivity index (χ4v) is 1.33. The van der Waals surface area contributed by atoms with Gasteiger partial charge >= 0.3 is 6.01 Å². The largest absolute Gasteiger partial charge is 0.395 e. The quantitative estimate of drug-likeness (QED) is 0.800. The number of aryl methyl sites for hydroxylation is 1. The highest BCUT2D eigenvalue weighted by atomic mass is 16.5. The Morgan fingerprint density at radius 2 is 2.35 bits per heavy atom. The Morgan fingerprint density at radius 3 is 2.95 bits per heavy atom. The maximum Gasteiger partial charge on any atom is 0.328 e. The molecule has 7 nitrogen and oxygen atoms in total. The lowest BCUT2D eigenvalue weighted by Gasteiger charge is -1.99. The van der Waals surface area contributed by atoms with E-state index in [1.807, 2.05) is 0 Å². The summed E-state index contributed by atoms with van der Waals surface area (Å²) in [6, 6.07) is 3.24. The molecule has 20 heavy (non-hydrogen) atoms. The van der Waals surface area contributed by atoms with E-state index in [0.717, 1.165) is 0 Å². The summed E-state index contributed by atoms with van der Waals surface area (Å²) in [4.78, 5) is 19.7. The van der Waals surface area contributed by atoms with Crippen LogP contribution >= 0.6 is 0 Å². The third kappa shape index (κ3) is 3.63. The molecule has 2 aromatic heterocycles. The van der Waals surface area contributed by atoms with Gasteiger partial charge in [-0.1, -0.05) is 17.0 Å². The second-order valence-electron chi connectivity index (χ2n) is 3.81. The molecule has 0 aliphatic rings. The number of hydrogen-bond acceptors (Lipinski definition) is 6. The lowest BCUT2D eigenvalue weighted by molar-refractivity contribution is 0.101. The lowest BCUT2D eigenvalue weighted by Crippen LogP contribution is -2.13. The predicted octanol–water partition coefficient (Wildman–Crippen LogP) is 0.759. The van der Waals surface area contributed by atoms with Crippen molar-refractivity contribution in [1.82, 2.24) is 15.1 Å². The van der Waals surface area contributed by atoms with Crippen LogP contribution < -0.4 is 5.32 Å². The third-order valence-electron chi connectivity index (χ3n) is 2.21. The molecular formula is C13H12N4O3. The van der Waals surface area contributed by atoms with E-state index in [9.17, 15) is 4.79 Å². The second-order valence-corrected chi connectivity index (χ2v) is 3.81. The number of nitrogens with one attached hydrogen (secondary N) is 1. The van der Waals surface area contributed by atoms with Gasteiger partial charge in [0.2, 0.25) is 0 Å². The van der Waals surface area contributed by atoms with E-state index in [0.29, 0.717) is 17.8 Å². The first-order chi connectivity index (χ1) is 9.69. The topological polar surface area (TPSA) is 101 Å². The van der Waals surface area contributed by atoms with Gasteiger partial charge in [0.15, 0.2) is 5.82 Å². The van der Waals surface area contributed by atoms with Crippen LogP contribution in [0.1, 0.15) is 28.3 Å². The minimum absolute atomic E-state index is 0.0184. The highest BCUT2D eigenvalue weighted by Gasteiger charge is 2.11. The predicted molar refractivity (Wildman–Crippen MR) is 69.8 cm³/mol. The molecule has 0 atom stereocenters. The van der Waals surface area contributed by atoms with Gasteiger partial charge in [-0.15, -0.1) is 0 Å². The molecule has 1 amide bonds. The summed E-state index contributed by atoms with van der Waals surface area (Å²) in [5.41, 5.74) is 0.886. The number of aliphatic hydroxyl groups excluding tert-OH is 1. The summed E-state index contributed by atoms with van der Waals surface area (Å²) in [6.07, 6.45) is 1.89. The fraction of sp³-hybridized carbons (Fsp3) is 0.231. The van der Waals surface area contributed by atoms with Gasteiger partial charge in [-0.3, -0.25) is 10.1 Å². The Bertz CT molecular complexity index is 652. The van der Waals surface area contributed by atoms with Crippen molar-refractivity contribution >= 4 is 11.9 Å². The van der Waals surface area contributed by atoms with E-state index >= 15 is 0 Å². The average Bonchev–Trinajstić information content (AvgIpc) is 2.85. The number of carbonyl (C=O) groups excluding carboxylic acids is 1. The van der Waals surface area contributed by atoms with E-state index in [4.69, 9.17) is 9.63 Å². The van der Waals surface area contributed by atoms with Crippen molar-refractivity contribution < 1.29 is 14.4 Å². The minimum Gasteiger partial charge on any atom is -0.395 e. The molecule has 0 aliphatic carbocycles. The van der Waals surface area contributed by atoms with Gasteiger partial charge < -0.3 is 9.63 Å². The molecular weight excluding hydrogens is 260 g/mol. The van der Waals surface area contributed by atoms with Crippen molar-refractivity contribution in [3.63, 3.8) is 0 Å². The van der Waals surface area contributed by atoms with E-state index in [1.54, 1.807) is 19.1 Å². The number of hydrogen-bond donors (Lipinski definition) is 2. The zero-order valence-corrected chi connectivity index (χ0v) is 10.8. The number of aromatic nitrogens is 3. The van der Waals surface area contributed by atoms with Gasteiger partial charge in [0, 0.05) is 18.2 Å². The fourth-order valence-electron chi connectivity index (χ4n) is 1.33. The van der Waals surface area contributed by atoms with Gasteiger partial charge in [0.25, 0.3) is 5.91 Å². The van der Waals surface area contributed by atoms with Crippen molar-refractivity contribution in [2.24, 2.45) is 0 Å². The van der Waals surface area contributed by atoms with Crippen LogP contribution in [-0.4, -0.2) is 32.7 Å². The molecule has 2 aromatic rings. The number of nitrogens with zero attached hydrogens (tertiary/aromatic N) is 3. The summed E-state index contributed by atoms with van der Waals surface area (Å²) >= 11 is 0. The lowest BCUT2D eigenvalue weighted by atomic mass is 10.2. The van der Waals surface area contributed by atoms with E-state index in [2.05, 4.69) is 32.3 Å². The van der Waals surface area contributed by atoms with Crippen LogP contribution in [0.5, 0.6) is 0 Å². The Labute approximate surface area is 115 Å². The number of aliphatic hydroxyl groups is 1.